The fraction of sp³-hybridized carbons (Fsp3) is 0.158. The van der Waals surface area contributed by atoms with Crippen molar-refractivity contribution in [1.82, 2.24) is 5.32 Å². The van der Waals surface area contributed by atoms with E-state index in [4.69, 9.17) is 11.6 Å². The van der Waals surface area contributed by atoms with Crippen LogP contribution in [0.1, 0.15) is 12.5 Å². The summed E-state index contributed by atoms with van der Waals surface area (Å²) in [7, 11) is 0. The molecule has 1 N–H and O–H groups in total. The van der Waals surface area contributed by atoms with Gasteiger partial charge >= 0.3 is 0 Å². The Morgan fingerprint density at radius 1 is 0.952 bits per heavy atom. The van der Waals surface area contributed by atoms with E-state index >= 15 is 0 Å². The Hall–Kier alpha value is -1.83. The van der Waals surface area contributed by atoms with Crippen molar-refractivity contribution in [1.29, 1.82) is 0 Å². The van der Waals surface area contributed by atoms with E-state index in [2.05, 4.69) is 66.8 Å². The van der Waals surface area contributed by atoms with E-state index in [-0.39, 0.29) is 0 Å². The first-order chi connectivity index (χ1) is 10.3. The second-order valence-corrected chi connectivity index (χ2v) is 5.52. The van der Waals surface area contributed by atoms with Crippen LogP contribution in [0.2, 0.25) is 5.02 Å². The highest BCUT2D eigenvalue weighted by Crippen LogP contribution is 2.31. The van der Waals surface area contributed by atoms with Gasteiger partial charge in [-0.3, -0.25) is 0 Å². The van der Waals surface area contributed by atoms with Crippen molar-refractivity contribution in [3.05, 3.63) is 71.2 Å². The number of nitrogens with one attached hydrogen (secondary N) is 1. The SMILES string of the molecule is CCNCc1cc(-c2cccc3ccccc23)ccc1Cl. The lowest BCUT2D eigenvalue weighted by Crippen LogP contribution is -2.12. The Morgan fingerprint density at radius 2 is 1.76 bits per heavy atom. The van der Waals surface area contributed by atoms with Crippen molar-refractivity contribution >= 4 is 22.4 Å². The summed E-state index contributed by atoms with van der Waals surface area (Å²) in [6, 6.07) is 21.2. The van der Waals surface area contributed by atoms with Crippen LogP contribution in [0.5, 0.6) is 0 Å². The zero-order chi connectivity index (χ0) is 14.7. The molecule has 21 heavy (non-hydrogen) atoms. The molecule has 0 aromatic heterocycles. The van der Waals surface area contributed by atoms with Gasteiger partial charge in [-0.1, -0.05) is 67.1 Å². The summed E-state index contributed by atoms with van der Waals surface area (Å²) in [5.74, 6) is 0. The minimum atomic E-state index is 0.800. The minimum Gasteiger partial charge on any atom is -0.313 e. The highest BCUT2D eigenvalue weighted by molar-refractivity contribution is 6.31. The van der Waals surface area contributed by atoms with Gasteiger partial charge in [0.15, 0.2) is 0 Å². The molecule has 3 aromatic carbocycles. The standard InChI is InChI=1S/C19H18ClN/c1-2-21-13-16-12-15(10-11-19(16)20)18-9-5-7-14-6-3-4-8-17(14)18/h3-12,21H,2,13H2,1H3. The van der Waals surface area contributed by atoms with E-state index in [1.807, 2.05) is 6.07 Å². The summed E-state index contributed by atoms with van der Waals surface area (Å²) in [4.78, 5) is 0. The molecule has 0 amide bonds. The Kier molecular flexibility index (Phi) is 4.23. The average molecular weight is 296 g/mol. The summed E-state index contributed by atoms with van der Waals surface area (Å²) >= 11 is 6.30. The van der Waals surface area contributed by atoms with Crippen molar-refractivity contribution < 1.29 is 0 Å². The number of fused-ring (bicyclic) bond motifs is 1. The molecule has 0 fully saturated rings. The van der Waals surface area contributed by atoms with Gasteiger partial charge in [-0.2, -0.15) is 0 Å². The lowest BCUT2D eigenvalue weighted by atomic mass is 9.97. The van der Waals surface area contributed by atoms with Gasteiger partial charge in [0.1, 0.15) is 0 Å². The summed E-state index contributed by atoms with van der Waals surface area (Å²) in [6.45, 7) is 3.84. The average Bonchev–Trinajstić information content (AvgIpc) is 2.54. The van der Waals surface area contributed by atoms with Crippen molar-refractivity contribution in [2.24, 2.45) is 0 Å². The fourth-order valence-electron chi connectivity index (χ4n) is 2.61. The third-order valence-corrected chi connectivity index (χ3v) is 4.08. The monoisotopic (exact) mass is 295 g/mol. The smallest absolute Gasteiger partial charge is 0.0451 e. The van der Waals surface area contributed by atoms with E-state index < -0.39 is 0 Å². The lowest BCUT2D eigenvalue weighted by Gasteiger charge is -2.11. The second-order valence-electron chi connectivity index (χ2n) is 5.11. The van der Waals surface area contributed by atoms with Crippen molar-refractivity contribution in [2.45, 2.75) is 13.5 Å². The molecular weight excluding hydrogens is 278 g/mol. The number of halogens is 1. The molecule has 0 heterocycles. The predicted octanol–water partition coefficient (Wildman–Crippen LogP) is 5.27. The molecule has 0 atom stereocenters. The number of hydrogen-bond donors (Lipinski definition) is 1. The summed E-state index contributed by atoms with van der Waals surface area (Å²) < 4.78 is 0. The molecule has 0 saturated heterocycles. The quantitative estimate of drug-likeness (QED) is 0.691. The maximum atomic E-state index is 6.30. The van der Waals surface area contributed by atoms with Gasteiger partial charge in [0.2, 0.25) is 0 Å². The molecule has 1 nitrogen and oxygen atoms in total. The lowest BCUT2D eigenvalue weighted by molar-refractivity contribution is 0.727. The topological polar surface area (TPSA) is 12.0 Å². The molecule has 0 aliphatic rings. The predicted molar refractivity (Wildman–Crippen MR) is 91.8 cm³/mol. The minimum absolute atomic E-state index is 0.800. The molecule has 0 radical (unpaired) electrons. The highest BCUT2D eigenvalue weighted by atomic mass is 35.5. The molecule has 0 bridgehead atoms. The second kappa shape index (κ2) is 6.30. The van der Waals surface area contributed by atoms with Crippen LogP contribution >= 0.6 is 11.6 Å². The van der Waals surface area contributed by atoms with Gasteiger partial charge in [-0.15, -0.1) is 0 Å². The fourth-order valence-corrected chi connectivity index (χ4v) is 2.80. The third kappa shape index (κ3) is 2.94. The Bertz CT molecular complexity index is 759. The molecule has 2 heteroatoms. The largest absolute Gasteiger partial charge is 0.313 e. The van der Waals surface area contributed by atoms with E-state index in [0.29, 0.717) is 0 Å². The van der Waals surface area contributed by atoms with Crippen LogP contribution in [-0.4, -0.2) is 6.54 Å². The van der Waals surface area contributed by atoms with Crippen LogP contribution in [0.15, 0.2) is 60.7 Å². The van der Waals surface area contributed by atoms with E-state index in [0.717, 1.165) is 23.7 Å². The number of rotatable bonds is 4. The highest BCUT2D eigenvalue weighted by Gasteiger charge is 2.06. The first-order valence-corrected chi connectivity index (χ1v) is 7.64. The molecular formula is C19H18ClN. The maximum absolute atomic E-state index is 6.30. The Balaban J connectivity index is 2.10. The van der Waals surface area contributed by atoms with Crippen molar-refractivity contribution in [3.8, 4) is 11.1 Å². The maximum Gasteiger partial charge on any atom is 0.0451 e. The molecule has 0 spiro atoms. The van der Waals surface area contributed by atoms with E-state index in [1.54, 1.807) is 0 Å². The van der Waals surface area contributed by atoms with Gasteiger partial charge in [0.25, 0.3) is 0 Å². The van der Waals surface area contributed by atoms with Crippen LogP contribution in [0.4, 0.5) is 0 Å². The molecule has 3 aromatic rings. The van der Waals surface area contributed by atoms with Crippen LogP contribution in [0.3, 0.4) is 0 Å². The molecule has 106 valence electrons. The number of hydrogen-bond acceptors (Lipinski definition) is 1. The molecule has 0 aliphatic carbocycles. The molecule has 0 saturated carbocycles. The zero-order valence-electron chi connectivity index (χ0n) is 12.1. The van der Waals surface area contributed by atoms with Crippen molar-refractivity contribution in [3.63, 3.8) is 0 Å². The first-order valence-electron chi connectivity index (χ1n) is 7.27. The summed E-state index contributed by atoms with van der Waals surface area (Å²) in [6.07, 6.45) is 0. The Morgan fingerprint density at radius 3 is 2.62 bits per heavy atom. The van der Waals surface area contributed by atoms with Gasteiger partial charge in [-0.05, 0) is 46.1 Å². The first kappa shape index (κ1) is 14.1. The van der Waals surface area contributed by atoms with Gasteiger partial charge in [0.05, 0.1) is 0 Å². The zero-order valence-corrected chi connectivity index (χ0v) is 12.8. The van der Waals surface area contributed by atoms with Gasteiger partial charge in [0, 0.05) is 11.6 Å². The molecule has 0 unspecified atom stereocenters. The third-order valence-electron chi connectivity index (χ3n) is 3.71. The van der Waals surface area contributed by atoms with Crippen LogP contribution in [0, 0.1) is 0 Å². The summed E-state index contributed by atoms with van der Waals surface area (Å²) in [5.41, 5.74) is 3.61. The van der Waals surface area contributed by atoms with E-state index in [1.165, 1.54) is 21.9 Å². The van der Waals surface area contributed by atoms with Gasteiger partial charge in [-0.25, -0.2) is 0 Å². The van der Waals surface area contributed by atoms with Crippen LogP contribution in [-0.2, 0) is 6.54 Å². The van der Waals surface area contributed by atoms with Crippen molar-refractivity contribution in [2.75, 3.05) is 6.54 Å². The van der Waals surface area contributed by atoms with Crippen LogP contribution in [0.25, 0.3) is 21.9 Å². The Labute approximate surface area is 130 Å². The molecule has 3 rings (SSSR count). The molecule has 0 aliphatic heterocycles. The summed E-state index contributed by atoms with van der Waals surface area (Å²) in [5, 5.41) is 6.69. The normalized spacial score (nSPS) is 11.0. The van der Waals surface area contributed by atoms with Gasteiger partial charge < -0.3 is 5.32 Å². The van der Waals surface area contributed by atoms with E-state index in [9.17, 15) is 0 Å². The number of benzene rings is 3. The van der Waals surface area contributed by atoms with Crippen LogP contribution < -0.4 is 5.32 Å².